The number of aromatic nitrogens is 1. The van der Waals surface area contributed by atoms with Crippen LogP contribution < -0.4 is 20.7 Å². The molecule has 1 amide bonds. The van der Waals surface area contributed by atoms with E-state index in [9.17, 15) is 14.9 Å². The van der Waals surface area contributed by atoms with Crippen molar-refractivity contribution in [3.05, 3.63) is 45.8 Å². The Morgan fingerprint density at radius 1 is 1.41 bits per heavy atom. The summed E-state index contributed by atoms with van der Waals surface area (Å²) in [5.41, 5.74) is 8.46. The molecule has 4 rings (SSSR count). The summed E-state index contributed by atoms with van der Waals surface area (Å²) < 4.78 is 5.28. The third-order valence-electron chi connectivity index (χ3n) is 4.90. The van der Waals surface area contributed by atoms with Crippen LogP contribution in [0.15, 0.2) is 24.4 Å². The van der Waals surface area contributed by atoms with E-state index in [0.717, 1.165) is 6.42 Å². The molecule has 0 unspecified atom stereocenters. The van der Waals surface area contributed by atoms with E-state index in [2.05, 4.69) is 10.3 Å². The average Bonchev–Trinajstić information content (AvgIpc) is 3.34. The van der Waals surface area contributed by atoms with Gasteiger partial charge in [0.05, 0.1) is 29.0 Å². The molecule has 27 heavy (non-hydrogen) atoms. The van der Waals surface area contributed by atoms with E-state index in [1.165, 1.54) is 13.2 Å². The minimum atomic E-state index is -0.422. The topological polar surface area (TPSA) is 127 Å². The molecule has 1 fully saturated rings. The minimum Gasteiger partial charge on any atom is -0.495 e. The van der Waals surface area contributed by atoms with Gasteiger partial charge in [0.15, 0.2) is 0 Å². The van der Waals surface area contributed by atoms with Gasteiger partial charge in [-0.05, 0) is 24.6 Å². The van der Waals surface area contributed by atoms with E-state index in [4.69, 9.17) is 10.5 Å². The second-order valence-corrected chi connectivity index (χ2v) is 6.58. The van der Waals surface area contributed by atoms with Crippen molar-refractivity contribution in [1.82, 2.24) is 4.98 Å². The maximum absolute atomic E-state index is 12.6. The Balaban J connectivity index is 1.92. The molecule has 2 aliphatic rings. The molecule has 0 bridgehead atoms. The number of hydrogen-bond acceptors (Lipinski definition) is 6. The van der Waals surface area contributed by atoms with Crippen LogP contribution >= 0.6 is 0 Å². The number of H-pyrrole nitrogens is 1. The van der Waals surface area contributed by atoms with Crippen molar-refractivity contribution in [2.45, 2.75) is 12.5 Å². The molecule has 0 aliphatic carbocycles. The van der Waals surface area contributed by atoms with Gasteiger partial charge in [-0.1, -0.05) is 0 Å². The second-order valence-electron chi connectivity index (χ2n) is 6.58. The van der Waals surface area contributed by atoms with Gasteiger partial charge in [0.2, 0.25) is 0 Å². The van der Waals surface area contributed by atoms with Crippen molar-refractivity contribution >= 4 is 34.6 Å². The molecule has 140 valence electrons. The molecule has 2 aliphatic heterocycles. The minimum absolute atomic E-state index is 0.0382. The molecule has 3 heterocycles. The predicted octanol–water partition coefficient (Wildman–Crippen LogP) is 1.96. The zero-order valence-electron chi connectivity index (χ0n) is 14.7. The fourth-order valence-electron chi connectivity index (χ4n) is 3.66. The third-order valence-corrected chi connectivity index (χ3v) is 4.90. The number of anilines is 2. The lowest BCUT2D eigenvalue weighted by Crippen LogP contribution is -2.27. The number of amides is 1. The van der Waals surface area contributed by atoms with E-state index in [0.29, 0.717) is 47.0 Å². The summed E-state index contributed by atoms with van der Waals surface area (Å²) in [6, 6.07) is 4.68. The monoisotopic (exact) mass is 369 g/mol. The van der Waals surface area contributed by atoms with Gasteiger partial charge in [0.1, 0.15) is 11.4 Å². The quantitative estimate of drug-likeness (QED) is 0.430. The molecule has 9 heteroatoms. The molecule has 0 spiro atoms. The number of nitrogens with zero attached hydrogens (tertiary/aromatic N) is 2. The standard InChI is InChI=1S/C18H19N5O4/c1-27-15-4-6-20-13(15)8-11-16-12(21-18(11)24)2-3-14(23(25)26)17(16)22-7-5-10(19)9-22/h2-4,6,8,10,20H,5,7,9,19H2,1H3,(H,21,24)/b11-8-/t10-/m1/s1. The Bertz CT molecular complexity index is 965. The van der Waals surface area contributed by atoms with Gasteiger partial charge in [-0.2, -0.15) is 0 Å². The van der Waals surface area contributed by atoms with Crippen LogP contribution in [0.3, 0.4) is 0 Å². The van der Waals surface area contributed by atoms with Crippen LogP contribution in [-0.2, 0) is 4.79 Å². The highest BCUT2D eigenvalue weighted by molar-refractivity contribution is 6.36. The number of hydrogen-bond donors (Lipinski definition) is 3. The Kier molecular flexibility index (Phi) is 4.08. The van der Waals surface area contributed by atoms with Crippen LogP contribution in [0.1, 0.15) is 17.7 Å². The summed E-state index contributed by atoms with van der Waals surface area (Å²) in [6.45, 7) is 1.11. The van der Waals surface area contributed by atoms with Crippen LogP contribution in [0, 0.1) is 10.1 Å². The van der Waals surface area contributed by atoms with Gasteiger partial charge in [0, 0.05) is 37.0 Å². The first-order valence-corrected chi connectivity index (χ1v) is 8.56. The number of nitro groups is 1. The van der Waals surface area contributed by atoms with Crippen molar-refractivity contribution in [3.8, 4) is 5.75 Å². The second kappa shape index (κ2) is 6.44. The summed E-state index contributed by atoms with van der Waals surface area (Å²) in [5, 5.41) is 14.5. The Morgan fingerprint density at radius 3 is 2.89 bits per heavy atom. The SMILES string of the molecule is COc1cc[nH]c1/C=C1\C(=O)Nc2ccc([N+](=O)[O-])c(N3CC[C@@H](N)C3)c21. The molecule has 1 aromatic heterocycles. The van der Waals surface area contributed by atoms with Crippen LogP contribution in [-0.4, -0.2) is 42.1 Å². The Morgan fingerprint density at radius 2 is 2.22 bits per heavy atom. The van der Waals surface area contributed by atoms with Gasteiger partial charge in [-0.25, -0.2) is 0 Å². The highest BCUT2D eigenvalue weighted by Gasteiger charge is 2.36. The smallest absolute Gasteiger partial charge is 0.293 e. The molecular weight excluding hydrogens is 350 g/mol. The van der Waals surface area contributed by atoms with Gasteiger partial charge >= 0.3 is 0 Å². The van der Waals surface area contributed by atoms with Crippen molar-refractivity contribution in [2.24, 2.45) is 5.73 Å². The maximum Gasteiger partial charge on any atom is 0.293 e. The van der Waals surface area contributed by atoms with Gasteiger partial charge in [-0.15, -0.1) is 0 Å². The number of carbonyl (C=O) groups is 1. The van der Waals surface area contributed by atoms with Crippen LogP contribution in [0.4, 0.5) is 17.1 Å². The van der Waals surface area contributed by atoms with Gasteiger partial charge in [0.25, 0.3) is 11.6 Å². The van der Waals surface area contributed by atoms with E-state index < -0.39 is 4.92 Å². The lowest BCUT2D eigenvalue weighted by atomic mass is 10.0. The van der Waals surface area contributed by atoms with E-state index in [1.54, 1.807) is 24.4 Å². The first kappa shape index (κ1) is 17.1. The number of carbonyl (C=O) groups excluding carboxylic acids is 1. The Hall–Kier alpha value is -3.33. The molecule has 1 aromatic carbocycles. The van der Waals surface area contributed by atoms with Crippen molar-refractivity contribution in [2.75, 3.05) is 30.4 Å². The first-order chi connectivity index (χ1) is 13.0. The molecule has 0 saturated carbocycles. The molecule has 4 N–H and O–H groups in total. The predicted molar refractivity (Wildman–Crippen MR) is 102 cm³/mol. The molecule has 9 nitrogen and oxygen atoms in total. The number of nitrogens with two attached hydrogens (primary N) is 1. The zero-order valence-corrected chi connectivity index (χ0v) is 14.7. The number of methoxy groups -OCH3 is 1. The average molecular weight is 369 g/mol. The number of rotatable bonds is 4. The van der Waals surface area contributed by atoms with E-state index >= 15 is 0 Å². The largest absolute Gasteiger partial charge is 0.495 e. The zero-order chi connectivity index (χ0) is 19.1. The van der Waals surface area contributed by atoms with Gasteiger partial charge in [-0.3, -0.25) is 14.9 Å². The maximum atomic E-state index is 12.6. The molecule has 2 aromatic rings. The number of nitro benzene ring substituents is 1. The lowest BCUT2D eigenvalue weighted by Gasteiger charge is -2.21. The molecule has 0 radical (unpaired) electrons. The normalized spacial score (nSPS) is 20.1. The van der Waals surface area contributed by atoms with Crippen LogP contribution in [0.2, 0.25) is 0 Å². The third kappa shape index (κ3) is 2.81. The number of benzene rings is 1. The fraction of sp³-hybridized carbons (Fsp3) is 0.278. The van der Waals surface area contributed by atoms with Crippen molar-refractivity contribution in [1.29, 1.82) is 0 Å². The molecule has 1 saturated heterocycles. The number of ether oxygens (including phenoxy) is 1. The highest BCUT2D eigenvalue weighted by atomic mass is 16.6. The highest BCUT2D eigenvalue weighted by Crippen LogP contribution is 2.46. The van der Waals surface area contributed by atoms with E-state index in [-0.39, 0.29) is 17.6 Å². The van der Waals surface area contributed by atoms with E-state index in [1.807, 2.05) is 4.90 Å². The molecule has 1 atom stereocenters. The first-order valence-electron chi connectivity index (χ1n) is 8.56. The fourth-order valence-corrected chi connectivity index (χ4v) is 3.66. The van der Waals surface area contributed by atoms with Crippen molar-refractivity contribution in [3.63, 3.8) is 0 Å². The summed E-state index contributed by atoms with van der Waals surface area (Å²) in [6.07, 6.45) is 4.10. The summed E-state index contributed by atoms with van der Waals surface area (Å²) in [7, 11) is 1.54. The summed E-state index contributed by atoms with van der Waals surface area (Å²) >= 11 is 0. The number of aromatic amines is 1. The Labute approximate surface area is 154 Å². The number of fused-ring (bicyclic) bond motifs is 1. The van der Waals surface area contributed by atoms with Crippen LogP contribution in [0.25, 0.3) is 11.6 Å². The van der Waals surface area contributed by atoms with Crippen LogP contribution in [0.5, 0.6) is 5.75 Å². The lowest BCUT2D eigenvalue weighted by molar-refractivity contribution is -0.384. The molecular formula is C18H19N5O4. The number of nitrogens with one attached hydrogen (secondary N) is 2. The van der Waals surface area contributed by atoms with Crippen molar-refractivity contribution < 1.29 is 14.5 Å². The summed E-state index contributed by atoms with van der Waals surface area (Å²) in [5.74, 6) is 0.269. The summed E-state index contributed by atoms with van der Waals surface area (Å²) in [4.78, 5) is 28.8. The van der Waals surface area contributed by atoms with Gasteiger partial charge < -0.3 is 25.7 Å².